The van der Waals surface area contributed by atoms with Crippen molar-refractivity contribution in [3.8, 4) is 0 Å². The Morgan fingerprint density at radius 1 is 1.08 bits per heavy atom. The molecular formula is C21H36N2O. The third-order valence-corrected chi connectivity index (χ3v) is 9.23. The Morgan fingerprint density at radius 3 is 2.58 bits per heavy atom. The molecule has 1 saturated heterocycles. The third-order valence-electron chi connectivity index (χ3n) is 9.23. The van der Waals surface area contributed by atoms with Crippen LogP contribution in [0.2, 0.25) is 0 Å². The molecule has 3 aliphatic carbocycles. The lowest BCUT2D eigenvalue weighted by Gasteiger charge is -2.60. The number of hydrogen-bond acceptors (Lipinski definition) is 2. The second-order valence-electron chi connectivity index (χ2n) is 10.0. The van der Waals surface area contributed by atoms with Gasteiger partial charge in [0.15, 0.2) is 0 Å². The monoisotopic (exact) mass is 332 g/mol. The molecule has 1 heterocycles. The molecule has 4 aliphatic rings. The smallest absolute Gasteiger partial charge is 0.220 e. The van der Waals surface area contributed by atoms with Crippen LogP contribution in [0.5, 0.6) is 0 Å². The first-order chi connectivity index (χ1) is 11.4. The van der Waals surface area contributed by atoms with Crippen molar-refractivity contribution in [1.82, 2.24) is 5.32 Å². The van der Waals surface area contributed by atoms with Crippen molar-refractivity contribution < 1.29 is 4.79 Å². The number of carbonyl (C=O) groups excluding carboxylic acids is 1. The molecule has 24 heavy (non-hydrogen) atoms. The predicted octanol–water partition coefficient (Wildman–Crippen LogP) is 3.72. The summed E-state index contributed by atoms with van der Waals surface area (Å²) in [6, 6.07) is 0.435. The largest absolute Gasteiger partial charge is 0.353 e. The fraction of sp³-hybridized carbons (Fsp3) is 0.952. The van der Waals surface area contributed by atoms with E-state index in [-0.39, 0.29) is 5.91 Å². The lowest BCUT2D eigenvalue weighted by Crippen LogP contribution is -2.61. The van der Waals surface area contributed by atoms with Crippen LogP contribution < -0.4 is 11.1 Å². The van der Waals surface area contributed by atoms with Gasteiger partial charge in [-0.25, -0.2) is 0 Å². The predicted molar refractivity (Wildman–Crippen MR) is 97.3 cm³/mol. The van der Waals surface area contributed by atoms with Crippen LogP contribution in [0.4, 0.5) is 0 Å². The summed E-state index contributed by atoms with van der Waals surface area (Å²) in [6.07, 6.45) is 9.93. The van der Waals surface area contributed by atoms with E-state index in [4.69, 9.17) is 5.73 Å². The van der Waals surface area contributed by atoms with Crippen LogP contribution in [0.3, 0.4) is 0 Å². The van der Waals surface area contributed by atoms with Crippen molar-refractivity contribution in [2.75, 3.05) is 6.54 Å². The number of fused-ring (bicyclic) bond motifs is 5. The third kappa shape index (κ3) is 2.22. The fourth-order valence-corrected chi connectivity index (χ4v) is 7.84. The van der Waals surface area contributed by atoms with Crippen molar-refractivity contribution in [2.24, 2.45) is 46.2 Å². The topological polar surface area (TPSA) is 55.1 Å². The first kappa shape index (κ1) is 16.9. The van der Waals surface area contributed by atoms with Crippen LogP contribution >= 0.6 is 0 Å². The molecule has 136 valence electrons. The molecule has 3 heteroatoms. The summed E-state index contributed by atoms with van der Waals surface area (Å²) in [5.41, 5.74) is 6.90. The van der Waals surface area contributed by atoms with Gasteiger partial charge in [-0.3, -0.25) is 4.79 Å². The molecule has 3 saturated carbocycles. The van der Waals surface area contributed by atoms with E-state index in [9.17, 15) is 4.79 Å². The molecule has 0 spiro atoms. The molecule has 3 nitrogen and oxygen atoms in total. The average molecular weight is 333 g/mol. The number of amides is 1. The van der Waals surface area contributed by atoms with Gasteiger partial charge in [0, 0.05) is 12.5 Å². The summed E-state index contributed by atoms with van der Waals surface area (Å²) >= 11 is 0. The van der Waals surface area contributed by atoms with Crippen LogP contribution in [0.15, 0.2) is 0 Å². The Kier molecular flexibility index (Phi) is 4.02. The van der Waals surface area contributed by atoms with E-state index >= 15 is 0 Å². The first-order valence-corrected chi connectivity index (χ1v) is 10.4. The van der Waals surface area contributed by atoms with Crippen LogP contribution in [0.25, 0.3) is 0 Å². The van der Waals surface area contributed by atoms with Gasteiger partial charge in [0.05, 0.1) is 0 Å². The van der Waals surface area contributed by atoms with E-state index in [1.165, 1.54) is 38.5 Å². The Bertz CT molecular complexity index is 520. The Morgan fingerprint density at radius 2 is 1.83 bits per heavy atom. The van der Waals surface area contributed by atoms with Gasteiger partial charge < -0.3 is 11.1 Å². The van der Waals surface area contributed by atoms with E-state index in [1.807, 2.05) is 0 Å². The van der Waals surface area contributed by atoms with E-state index in [0.717, 1.165) is 43.1 Å². The van der Waals surface area contributed by atoms with Gasteiger partial charge in [-0.2, -0.15) is 0 Å². The van der Waals surface area contributed by atoms with Crippen molar-refractivity contribution in [3.63, 3.8) is 0 Å². The zero-order valence-corrected chi connectivity index (χ0v) is 15.8. The number of rotatable bonds is 2. The molecule has 0 bridgehead atoms. The lowest BCUT2D eigenvalue weighted by atomic mass is 9.46. The van der Waals surface area contributed by atoms with Crippen LogP contribution in [0.1, 0.15) is 72.1 Å². The Hall–Kier alpha value is -0.570. The molecular weight excluding hydrogens is 296 g/mol. The molecule has 1 aliphatic heterocycles. The molecule has 4 fully saturated rings. The summed E-state index contributed by atoms with van der Waals surface area (Å²) in [4.78, 5) is 11.9. The highest BCUT2D eigenvalue weighted by atomic mass is 16.1. The highest BCUT2D eigenvalue weighted by Gasteiger charge is 2.60. The highest BCUT2D eigenvalue weighted by molar-refractivity contribution is 5.77. The van der Waals surface area contributed by atoms with Gasteiger partial charge in [-0.1, -0.05) is 20.8 Å². The maximum absolute atomic E-state index is 11.9. The molecule has 0 aromatic carbocycles. The lowest BCUT2D eigenvalue weighted by molar-refractivity contribution is -0.137. The van der Waals surface area contributed by atoms with Crippen molar-refractivity contribution in [3.05, 3.63) is 0 Å². The van der Waals surface area contributed by atoms with E-state index in [1.54, 1.807) is 0 Å². The van der Waals surface area contributed by atoms with Gasteiger partial charge in [0.2, 0.25) is 5.91 Å². The van der Waals surface area contributed by atoms with E-state index in [2.05, 4.69) is 26.1 Å². The minimum atomic E-state index is 0.286. The molecule has 8 atom stereocenters. The Labute approximate surface area is 147 Å². The quantitative estimate of drug-likeness (QED) is 0.810. The standard InChI is InChI=1S/C21H36N2O/c1-13(12-22)15-5-6-16-14-4-7-18-21(3,11-9-19(24)23-18)17(14)8-10-20(15,16)2/h13-18H,4-12,22H2,1-3H3,(H,23,24)/t13?,14-,15+,16-,17-,18+,20+,21+/m0/s1. The van der Waals surface area contributed by atoms with Crippen LogP contribution in [-0.4, -0.2) is 18.5 Å². The molecule has 0 aromatic heterocycles. The summed E-state index contributed by atoms with van der Waals surface area (Å²) in [7, 11) is 0. The minimum absolute atomic E-state index is 0.286. The van der Waals surface area contributed by atoms with Crippen molar-refractivity contribution in [1.29, 1.82) is 0 Å². The van der Waals surface area contributed by atoms with Crippen molar-refractivity contribution >= 4 is 5.91 Å². The summed E-state index contributed by atoms with van der Waals surface area (Å²) < 4.78 is 0. The average Bonchev–Trinajstić information content (AvgIpc) is 2.92. The highest BCUT2D eigenvalue weighted by Crippen LogP contribution is 2.66. The first-order valence-electron chi connectivity index (χ1n) is 10.4. The normalized spacial score (nSPS) is 52.0. The summed E-state index contributed by atoms with van der Waals surface area (Å²) in [5, 5.41) is 3.34. The van der Waals surface area contributed by atoms with Crippen LogP contribution in [0, 0.1) is 40.4 Å². The minimum Gasteiger partial charge on any atom is -0.353 e. The molecule has 0 aromatic rings. The summed E-state index contributed by atoms with van der Waals surface area (Å²) in [5.74, 6) is 4.37. The molecule has 4 rings (SSSR count). The maximum Gasteiger partial charge on any atom is 0.220 e. The molecule has 1 unspecified atom stereocenters. The second-order valence-corrected chi connectivity index (χ2v) is 10.0. The summed E-state index contributed by atoms with van der Waals surface area (Å²) in [6.45, 7) is 8.30. The zero-order chi connectivity index (χ0) is 17.1. The fourth-order valence-electron chi connectivity index (χ4n) is 7.84. The number of carbonyl (C=O) groups is 1. The van der Waals surface area contributed by atoms with Gasteiger partial charge in [0.25, 0.3) is 0 Å². The zero-order valence-electron chi connectivity index (χ0n) is 15.8. The van der Waals surface area contributed by atoms with Crippen molar-refractivity contribution in [2.45, 2.75) is 78.2 Å². The Balaban J connectivity index is 1.60. The van der Waals surface area contributed by atoms with Gasteiger partial charge >= 0.3 is 0 Å². The number of piperidine rings is 1. The number of nitrogens with one attached hydrogen (secondary N) is 1. The maximum atomic E-state index is 11.9. The van der Waals surface area contributed by atoms with Gasteiger partial charge in [0.1, 0.15) is 0 Å². The SMILES string of the molecule is CC(CN)[C@H]1CC[C@H]2[C@@H]3CC[C@H]4NC(=O)CC[C@]4(C)[C@H]3CC[C@]12C. The van der Waals surface area contributed by atoms with Crippen LogP contribution in [-0.2, 0) is 4.79 Å². The molecule has 3 N–H and O–H groups in total. The second kappa shape index (κ2) is 5.72. The number of hydrogen-bond donors (Lipinski definition) is 2. The molecule has 1 amide bonds. The van der Waals surface area contributed by atoms with Gasteiger partial charge in [-0.05, 0) is 91.9 Å². The van der Waals surface area contributed by atoms with Gasteiger partial charge in [-0.15, -0.1) is 0 Å². The number of nitrogens with two attached hydrogens (primary N) is 1. The van der Waals surface area contributed by atoms with E-state index in [0.29, 0.717) is 22.8 Å². The van der Waals surface area contributed by atoms with E-state index < -0.39 is 0 Å². The molecule has 0 radical (unpaired) electrons.